The van der Waals surface area contributed by atoms with Gasteiger partial charge in [-0.2, -0.15) is 13.2 Å². The molecule has 0 amide bonds. The summed E-state index contributed by atoms with van der Waals surface area (Å²) < 4.78 is 37.4. The van der Waals surface area contributed by atoms with Crippen LogP contribution in [0.4, 0.5) is 13.2 Å². The average Bonchev–Trinajstić information content (AvgIpc) is 2.70. The Morgan fingerprint density at radius 1 is 1.31 bits per heavy atom. The van der Waals surface area contributed by atoms with Gasteiger partial charge in [0.25, 0.3) is 0 Å². The largest absolute Gasteiger partial charge is 0.416 e. The zero-order valence-electron chi connectivity index (χ0n) is 8.55. The highest BCUT2D eigenvalue weighted by molar-refractivity contribution is 8.00. The van der Waals surface area contributed by atoms with E-state index in [-0.39, 0.29) is 0 Å². The Kier molecular flexibility index (Phi) is 3.44. The summed E-state index contributed by atoms with van der Waals surface area (Å²) in [6.07, 6.45) is -3.23. The number of hydrogen-bond donors (Lipinski definition) is 1. The molecule has 1 heterocycles. The zero-order valence-corrected chi connectivity index (χ0v) is 9.37. The lowest BCUT2D eigenvalue weighted by atomic mass is 10.2. The molecule has 1 atom stereocenters. The van der Waals surface area contributed by atoms with Crippen molar-refractivity contribution in [2.75, 3.05) is 13.1 Å². The molecule has 1 saturated heterocycles. The molecule has 0 radical (unpaired) electrons. The minimum absolute atomic E-state index is 0.392. The second-order valence-corrected chi connectivity index (χ2v) is 5.13. The van der Waals surface area contributed by atoms with Crippen LogP contribution in [0.15, 0.2) is 29.2 Å². The minimum Gasteiger partial charge on any atom is -0.316 e. The lowest BCUT2D eigenvalue weighted by Gasteiger charge is -2.11. The Hall–Kier alpha value is -0.680. The summed E-state index contributed by atoms with van der Waals surface area (Å²) in [6.45, 7) is 1.83. The van der Waals surface area contributed by atoms with Crippen LogP contribution in [0.3, 0.4) is 0 Å². The topological polar surface area (TPSA) is 12.0 Å². The first-order valence-electron chi connectivity index (χ1n) is 5.10. The molecule has 0 saturated carbocycles. The number of benzene rings is 1. The van der Waals surface area contributed by atoms with Crippen LogP contribution in [-0.4, -0.2) is 18.3 Å². The van der Waals surface area contributed by atoms with Crippen molar-refractivity contribution in [3.8, 4) is 0 Å². The van der Waals surface area contributed by atoms with Crippen LogP contribution in [0.1, 0.15) is 12.0 Å². The van der Waals surface area contributed by atoms with Crippen molar-refractivity contribution < 1.29 is 13.2 Å². The maximum Gasteiger partial charge on any atom is 0.416 e. The van der Waals surface area contributed by atoms with E-state index in [1.165, 1.54) is 23.9 Å². The molecule has 0 aliphatic carbocycles. The van der Waals surface area contributed by atoms with Gasteiger partial charge >= 0.3 is 6.18 Å². The lowest BCUT2D eigenvalue weighted by Crippen LogP contribution is -2.10. The molecule has 1 fully saturated rings. The minimum atomic E-state index is -4.25. The third kappa shape index (κ3) is 2.92. The zero-order chi connectivity index (χ0) is 11.6. The van der Waals surface area contributed by atoms with Gasteiger partial charge in [-0.15, -0.1) is 11.8 Å². The highest BCUT2D eigenvalue weighted by Crippen LogP contribution is 2.33. The van der Waals surface area contributed by atoms with Gasteiger partial charge in [0.15, 0.2) is 0 Å². The predicted molar refractivity (Wildman–Crippen MR) is 58.6 cm³/mol. The fourth-order valence-electron chi connectivity index (χ4n) is 1.67. The first-order chi connectivity index (χ1) is 7.55. The standard InChI is InChI=1S/C11H12F3NS/c12-11(13,14)8-2-1-3-9(6-8)16-10-4-5-15-7-10/h1-3,6,10,15H,4-5,7H2. The van der Waals surface area contributed by atoms with E-state index in [4.69, 9.17) is 0 Å². The van der Waals surface area contributed by atoms with Gasteiger partial charge in [-0.1, -0.05) is 6.07 Å². The predicted octanol–water partition coefficient (Wildman–Crippen LogP) is 3.16. The van der Waals surface area contributed by atoms with Crippen molar-refractivity contribution >= 4 is 11.8 Å². The molecule has 1 aliphatic rings. The Morgan fingerprint density at radius 2 is 2.12 bits per heavy atom. The summed E-state index contributed by atoms with van der Waals surface area (Å²) in [5.41, 5.74) is -0.566. The summed E-state index contributed by atoms with van der Waals surface area (Å²) in [4.78, 5) is 0.698. The van der Waals surface area contributed by atoms with Crippen LogP contribution in [0, 0.1) is 0 Å². The molecule has 1 N–H and O–H groups in total. The van der Waals surface area contributed by atoms with Gasteiger partial charge in [0.2, 0.25) is 0 Å². The Bertz CT molecular complexity index is 358. The molecular weight excluding hydrogens is 235 g/mol. The smallest absolute Gasteiger partial charge is 0.316 e. The van der Waals surface area contributed by atoms with Crippen molar-refractivity contribution in [1.29, 1.82) is 0 Å². The second kappa shape index (κ2) is 4.67. The maximum absolute atomic E-state index is 12.5. The summed E-state index contributed by atoms with van der Waals surface area (Å²) in [5.74, 6) is 0. The SMILES string of the molecule is FC(F)(F)c1cccc(SC2CCNC2)c1. The molecule has 88 valence electrons. The third-order valence-electron chi connectivity index (χ3n) is 2.48. The van der Waals surface area contributed by atoms with Crippen LogP contribution in [0.25, 0.3) is 0 Å². The van der Waals surface area contributed by atoms with Crippen molar-refractivity contribution in [3.63, 3.8) is 0 Å². The number of thioether (sulfide) groups is 1. The van der Waals surface area contributed by atoms with Crippen LogP contribution >= 0.6 is 11.8 Å². The molecule has 0 bridgehead atoms. The first kappa shape index (κ1) is 11.8. The summed E-state index contributed by atoms with van der Waals surface area (Å²) in [5, 5.41) is 3.59. The van der Waals surface area contributed by atoms with E-state index >= 15 is 0 Å². The Morgan fingerprint density at radius 3 is 2.75 bits per heavy atom. The monoisotopic (exact) mass is 247 g/mol. The van der Waals surface area contributed by atoms with E-state index in [1.54, 1.807) is 6.07 Å². The van der Waals surface area contributed by atoms with E-state index in [0.717, 1.165) is 25.6 Å². The molecular formula is C11H12F3NS. The van der Waals surface area contributed by atoms with Gasteiger partial charge < -0.3 is 5.32 Å². The van der Waals surface area contributed by atoms with Crippen LogP contribution in [0.5, 0.6) is 0 Å². The molecule has 0 aromatic heterocycles. The Balaban J connectivity index is 2.09. The normalized spacial score (nSPS) is 21.3. The number of hydrogen-bond acceptors (Lipinski definition) is 2. The van der Waals surface area contributed by atoms with Crippen molar-refractivity contribution in [3.05, 3.63) is 29.8 Å². The van der Waals surface area contributed by atoms with Gasteiger partial charge in [0.05, 0.1) is 5.56 Å². The molecule has 1 aromatic carbocycles. The molecule has 2 rings (SSSR count). The highest BCUT2D eigenvalue weighted by Gasteiger charge is 2.30. The van der Waals surface area contributed by atoms with Gasteiger partial charge in [-0.05, 0) is 31.2 Å². The number of alkyl halides is 3. The van der Waals surface area contributed by atoms with Gasteiger partial charge in [0.1, 0.15) is 0 Å². The van der Waals surface area contributed by atoms with E-state index in [0.29, 0.717) is 10.1 Å². The van der Waals surface area contributed by atoms with Crippen LogP contribution in [-0.2, 0) is 6.18 Å². The number of nitrogens with one attached hydrogen (secondary N) is 1. The molecule has 1 nitrogen and oxygen atoms in total. The maximum atomic E-state index is 12.5. The summed E-state index contributed by atoms with van der Waals surface area (Å²) in [7, 11) is 0. The molecule has 0 spiro atoms. The van der Waals surface area contributed by atoms with Crippen LogP contribution in [0.2, 0.25) is 0 Å². The van der Waals surface area contributed by atoms with Crippen molar-refractivity contribution in [2.45, 2.75) is 22.7 Å². The third-order valence-corrected chi connectivity index (χ3v) is 3.74. The van der Waals surface area contributed by atoms with E-state index in [9.17, 15) is 13.2 Å². The molecule has 1 aliphatic heterocycles. The Labute approximate surface area is 96.4 Å². The van der Waals surface area contributed by atoms with E-state index in [2.05, 4.69) is 5.32 Å². The van der Waals surface area contributed by atoms with Crippen LogP contribution < -0.4 is 5.32 Å². The average molecular weight is 247 g/mol. The first-order valence-corrected chi connectivity index (χ1v) is 5.98. The van der Waals surface area contributed by atoms with Gasteiger partial charge in [0, 0.05) is 16.7 Å². The van der Waals surface area contributed by atoms with E-state index in [1.807, 2.05) is 0 Å². The fraction of sp³-hybridized carbons (Fsp3) is 0.455. The molecule has 1 aromatic rings. The lowest BCUT2D eigenvalue weighted by molar-refractivity contribution is -0.137. The molecule has 1 unspecified atom stereocenters. The number of halogens is 3. The second-order valence-electron chi connectivity index (χ2n) is 3.76. The highest BCUT2D eigenvalue weighted by atomic mass is 32.2. The van der Waals surface area contributed by atoms with Gasteiger partial charge in [-0.3, -0.25) is 0 Å². The quantitative estimate of drug-likeness (QED) is 0.861. The molecule has 16 heavy (non-hydrogen) atoms. The van der Waals surface area contributed by atoms with Crippen molar-refractivity contribution in [2.24, 2.45) is 0 Å². The van der Waals surface area contributed by atoms with Crippen molar-refractivity contribution in [1.82, 2.24) is 5.32 Å². The van der Waals surface area contributed by atoms with Gasteiger partial charge in [-0.25, -0.2) is 0 Å². The number of rotatable bonds is 2. The summed E-state index contributed by atoms with van der Waals surface area (Å²) >= 11 is 1.52. The summed E-state index contributed by atoms with van der Waals surface area (Å²) in [6, 6.07) is 5.53. The van der Waals surface area contributed by atoms with E-state index < -0.39 is 11.7 Å². The fourth-order valence-corrected chi connectivity index (χ4v) is 2.84. The molecule has 5 heteroatoms.